The Balaban J connectivity index is 2.63. The summed E-state index contributed by atoms with van der Waals surface area (Å²) in [5.74, 6) is -1.29. The van der Waals surface area contributed by atoms with Crippen molar-refractivity contribution in [1.82, 2.24) is 0 Å². The summed E-state index contributed by atoms with van der Waals surface area (Å²) in [5.41, 5.74) is 0. The number of hydrogen-bond acceptors (Lipinski definition) is 6. The van der Waals surface area contributed by atoms with Crippen molar-refractivity contribution in [2.24, 2.45) is 0 Å². The number of esters is 2. The second-order valence-corrected chi connectivity index (χ2v) is 2.34. The fraction of sp³-hybridized carbons (Fsp3) is 0.714. The van der Waals surface area contributed by atoms with Crippen LogP contribution in [0.15, 0.2) is 0 Å². The van der Waals surface area contributed by atoms with Gasteiger partial charge in [0.25, 0.3) is 0 Å². The van der Waals surface area contributed by atoms with Gasteiger partial charge in [-0.25, -0.2) is 9.59 Å². The molecule has 1 heterocycles. The minimum Gasteiger partial charge on any atom is -0.467 e. The van der Waals surface area contributed by atoms with E-state index in [-0.39, 0.29) is 6.79 Å². The van der Waals surface area contributed by atoms with Gasteiger partial charge in [0.1, 0.15) is 6.79 Å². The molecule has 0 unspecified atom stereocenters. The molecule has 0 radical (unpaired) electrons. The Morgan fingerprint density at radius 3 is 1.77 bits per heavy atom. The third-order valence-electron chi connectivity index (χ3n) is 1.64. The second kappa shape index (κ2) is 4.20. The molecular weight excluding hydrogens is 180 g/mol. The molecule has 1 fully saturated rings. The van der Waals surface area contributed by atoms with Crippen LogP contribution in [-0.4, -0.2) is 45.2 Å². The number of methoxy groups -OCH3 is 2. The van der Waals surface area contributed by atoms with Crippen LogP contribution in [-0.2, 0) is 28.5 Å². The quantitative estimate of drug-likeness (QED) is 0.524. The summed E-state index contributed by atoms with van der Waals surface area (Å²) >= 11 is 0. The lowest BCUT2D eigenvalue weighted by Gasteiger charge is -2.11. The summed E-state index contributed by atoms with van der Waals surface area (Å²) < 4.78 is 18.5. The highest BCUT2D eigenvalue weighted by Gasteiger charge is 2.42. The molecule has 0 N–H and O–H groups in total. The van der Waals surface area contributed by atoms with E-state index in [0.29, 0.717) is 0 Å². The molecule has 0 aromatic carbocycles. The van der Waals surface area contributed by atoms with Gasteiger partial charge in [0.2, 0.25) is 0 Å². The average Bonchev–Trinajstić information content (AvgIpc) is 2.63. The van der Waals surface area contributed by atoms with Crippen molar-refractivity contribution in [3.05, 3.63) is 0 Å². The molecule has 1 rings (SSSR count). The zero-order valence-electron chi connectivity index (χ0n) is 7.31. The van der Waals surface area contributed by atoms with Gasteiger partial charge >= 0.3 is 11.9 Å². The highest BCUT2D eigenvalue weighted by Crippen LogP contribution is 2.15. The van der Waals surface area contributed by atoms with E-state index in [9.17, 15) is 9.59 Å². The largest absolute Gasteiger partial charge is 0.467 e. The van der Waals surface area contributed by atoms with Gasteiger partial charge in [0.05, 0.1) is 14.2 Å². The van der Waals surface area contributed by atoms with Crippen LogP contribution in [0.25, 0.3) is 0 Å². The van der Waals surface area contributed by atoms with E-state index in [1.165, 1.54) is 14.2 Å². The number of carbonyl (C=O) groups excluding carboxylic acids is 2. The molecule has 2 atom stereocenters. The fourth-order valence-corrected chi connectivity index (χ4v) is 0.976. The van der Waals surface area contributed by atoms with Crippen molar-refractivity contribution in [3.63, 3.8) is 0 Å². The fourth-order valence-electron chi connectivity index (χ4n) is 0.976. The van der Waals surface area contributed by atoms with E-state index in [4.69, 9.17) is 9.47 Å². The minimum absolute atomic E-state index is 0.112. The van der Waals surface area contributed by atoms with Crippen molar-refractivity contribution >= 4 is 11.9 Å². The first-order chi connectivity index (χ1) is 6.20. The molecular formula is C7H10O6. The van der Waals surface area contributed by atoms with E-state index in [2.05, 4.69) is 9.47 Å². The first kappa shape index (κ1) is 9.94. The van der Waals surface area contributed by atoms with Gasteiger partial charge in [-0.1, -0.05) is 0 Å². The molecule has 0 spiro atoms. The summed E-state index contributed by atoms with van der Waals surface area (Å²) in [6.45, 7) is -0.112. The number of hydrogen-bond donors (Lipinski definition) is 0. The molecule has 0 aromatic heterocycles. The predicted octanol–water partition coefficient (Wildman–Crippen LogP) is -0.926. The lowest BCUT2D eigenvalue weighted by atomic mass is 10.2. The molecule has 6 nitrogen and oxygen atoms in total. The van der Waals surface area contributed by atoms with Crippen LogP contribution < -0.4 is 0 Å². The molecule has 0 saturated carbocycles. The molecule has 0 aromatic rings. The van der Waals surface area contributed by atoms with Gasteiger partial charge in [0, 0.05) is 0 Å². The summed E-state index contributed by atoms with van der Waals surface area (Å²) in [4.78, 5) is 22.0. The lowest BCUT2D eigenvalue weighted by molar-refractivity contribution is -0.160. The second-order valence-electron chi connectivity index (χ2n) is 2.34. The van der Waals surface area contributed by atoms with Crippen molar-refractivity contribution in [3.8, 4) is 0 Å². The number of rotatable bonds is 2. The van der Waals surface area contributed by atoms with E-state index < -0.39 is 24.1 Å². The molecule has 6 heteroatoms. The van der Waals surface area contributed by atoms with E-state index in [1.807, 2.05) is 0 Å². The van der Waals surface area contributed by atoms with Gasteiger partial charge in [-0.15, -0.1) is 0 Å². The molecule has 0 amide bonds. The van der Waals surface area contributed by atoms with Gasteiger partial charge in [-0.3, -0.25) is 0 Å². The summed E-state index contributed by atoms with van der Waals surface area (Å²) in [6, 6.07) is 0. The molecule has 0 aliphatic carbocycles. The Morgan fingerprint density at radius 1 is 1.08 bits per heavy atom. The topological polar surface area (TPSA) is 71.1 Å². The van der Waals surface area contributed by atoms with Crippen LogP contribution in [0, 0.1) is 0 Å². The predicted molar refractivity (Wildman–Crippen MR) is 38.6 cm³/mol. The molecule has 0 bridgehead atoms. The third kappa shape index (κ3) is 1.96. The van der Waals surface area contributed by atoms with Gasteiger partial charge in [-0.05, 0) is 0 Å². The standard InChI is InChI=1S/C7H10O6/c1-10-6(8)4-5(7(9)11-2)13-3-12-4/h4-5H,3H2,1-2H3/t4-,5-/m0/s1. The van der Waals surface area contributed by atoms with Crippen LogP contribution >= 0.6 is 0 Å². The maximum Gasteiger partial charge on any atom is 0.338 e. The molecule has 1 aliphatic heterocycles. The molecule has 74 valence electrons. The number of carbonyl (C=O) groups is 2. The summed E-state index contributed by atoms with van der Waals surface area (Å²) in [6.07, 6.45) is -2.03. The minimum atomic E-state index is -1.02. The van der Waals surface area contributed by atoms with Crippen LogP contribution in [0.1, 0.15) is 0 Å². The van der Waals surface area contributed by atoms with Gasteiger partial charge in [-0.2, -0.15) is 0 Å². The lowest BCUT2D eigenvalue weighted by Crippen LogP contribution is -2.38. The van der Waals surface area contributed by atoms with Crippen LogP contribution in [0.2, 0.25) is 0 Å². The SMILES string of the molecule is COC(=O)[C@H]1OCO[C@@H]1C(=O)OC. The molecule has 1 aliphatic rings. The molecule has 1 saturated heterocycles. The van der Waals surface area contributed by atoms with Crippen molar-refractivity contribution in [2.75, 3.05) is 21.0 Å². The monoisotopic (exact) mass is 190 g/mol. The first-order valence-electron chi connectivity index (χ1n) is 3.59. The summed E-state index contributed by atoms with van der Waals surface area (Å²) in [7, 11) is 2.41. The zero-order chi connectivity index (χ0) is 9.84. The Hall–Kier alpha value is -1.14. The van der Waals surface area contributed by atoms with Crippen molar-refractivity contribution in [2.45, 2.75) is 12.2 Å². The smallest absolute Gasteiger partial charge is 0.338 e. The van der Waals surface area contributed by atoms with Gasteiger partial charge < -0.3 is 18.9 Å². The maximum absolute atomic E-state index is 11.0. The maximum atomic E-state index is 11.0. The highest BCUT2D eigenvalue weighted by atomic mass is 16.7. The highest BCUT2D eigenvalue weighted by molar-refractivity contribution is 5.85. The van der Waals surface area contributed by atoms with E-state index in [0.717, 1.165) is 0 Å². The first-order valence-corrected chi connectivity index (χ1v) is 3.59. The summed E-state index contributed by atoms with van der Waals surface area (Å²) in [5, 5.41) is 0. The third-order valence-corrected chi connectivity index (χ3v) is 1.64. The van der Waals surface area contributed by atoms with Crippen LogP contribution in [0.4, 0.5) is 0 Å². The Bertz CT molecular complexity index is 191. The molecule has 13 heavy (non-hydrogen) atoms. The van der Waals surface area contributed by atoms with Crippen LogP contribution in [0.3, 0.4) is 0 Å². The Labute approximate surface area is 74.7 Å². The van der Waals surface area contributed by atoms with Crippen LogP contribution in [0.5, 0.6) is 0 Å². The number of ether oxygens (including phenoxy) is 4. The van der Waals surface area contributed by atoms with Crippen molar-refractivity contribution < 1.29 is 28.5 Å². The Kier molecular flexibility index (Phi) is 3.21. The van der Waals surface area contributed by atoms with E-state index >= 15 is 0 Å². The van der Waals surface area contributed by atoms with Crippen molar-refractivity contribution in [1.29, 1.82) is 0 Å². The average molecular weight is 190 g/mol. The van der Waals surface area contributed by atoms with Gasteiger partial charge in [0.15, 0.2) is 12.2 Å². The normalized spacial score (nSPS) is 26.9. The Morgan fingerprint density at radius 2 is 1.46 bits per heavy atom. The van der Waals surface area contributed by atoms with E-state index in [1.54, 1.807) is 0 Å². The zero-order valence-corrected chi connectivity index (χ0v) is 7.31.